The molecule has 1 aliphatic carbocycles. The van der Waals surface area contributed by atoms with E-state index in [0.717, 1.165) is 0 Å². The number of fused-ring (bicyclic) bond motifs is 4. The fraction of sp³-hybridized carbons (Fsp3) is 0.600. The topological polar surface area (TPSA) is 116 Å². The second kappa shape index (κ2) is 2.82. The molecule has 4 atom stereocenters. The third-order valence-corrected chi connectivity index (χ3v) is 4.63. The molecular formula is C10H12N4O4. The summed E-state index contributed by atoms with van der Waals surface area (Å²) in [6.07, 6.45) is 0. The van der Waals surface area contributed by atoms with Crippen LogP contribution in [-0.2, 0) is 9.59 Å². The summed E-state index contributed by atoms with van der Waals surface area (Å²) in [5.74, 6) is -0.998. The number of nitrogens with one attached hydrogen (secondary N) is 4. The van der Waals surface area contributed by atoms with E-state index in [-0.39, 0.29) is 0 Å². The Morgan fingerprint density at radius 1 is 0.778 bits per heavy atom. The highest BCUT2D eigenvalue weighted by Gasteiger charge is 2.77. The molecule has 2 heterocycles. The number of rotatable bonds is 0. The maximum absolute atomic E-state index is 12.0. The van der Waals surface area contributed by atoms with Crippen molar-refractivity contribution in [3.63, 3.8) is 0 Å². The minimum Gasteiger partial charge on any atom is -0.332 e. The van der Waals surface area contributed by atoms with Crippen molar-refractivity contribution >= 4 is 23.9 Å². The molecule has 8 heteroatoms. The van der Waals surface area contributed by atoms with Gasteiger partial charge >= 0.3 is 12.1 Å². The van der Waals surface area contributed by atoms with E-state index in [0.29, 0.717) is 0 Å². The molecule has 3 rings (SSSR count). The predicted molar refractivity (Wildman–Crippen MR) is 57.1 cm³/mol. The Balaban J connectivity index is 2.07. The maximum atomic E-state index is 12.0. The highest BCUT2D eigenvalue weighted by molar-refractivity contribution is 6.10. The van der Waals surface area contributed by atoms with Crippen LogP contribution in [0.15, 0.2) is 0 Å². The number of amides is 6. The van der Waals surface area contributed by atoms with Gasteiger partial charge in [0.25, 0.3) is 0 Å². The van der Waals surface area contributed by atoms with E-state index in [2.05, 4.69) is 21.3 Å². The van der Waals surface area contributed by atoms with Gasteiger partial charge in [0.15, 0.2) is 0 Å². The van der Waals surface area contributed by atoms with Crippen molar-refractivity contribution in [2.45, 2.75) is 25.9 Å². The van der Waals surface area contributed by atoms with Crippen molar-refractivity contribution in [3.8, 4) is 0 Å². The fourth-order valence-electron chi connectivity index (χ4n) is 3.25. The molecule has 3 aliphatic rings. The van der Waals surface area contributed by atoms with Gasteiger partial charge in [-0.3, -0.25) is 20.2 Å². The summed E-state index contributed by atoms with van der Waals surface area (Å²) in [5.41, 5.74) is -2.13. The number of hydrogen-bond donors (Lipinski definition) is 4. The molecule has 3 fully saturated rings. The monoisotopic (exact) mass is 252 g/mol. The molecule has 1 saturated carbocycles. The average molecular weight is 252 g/mol. The van der Waals surface area contributed by atoms with Gasteiger partial charge in [-0.05, 0) is 13.8 Å². The normalized spacial score (nSPS) is 45.7. The third kappa shape index (κ3) is 0.889. The summed E-state index contributed by atoms with van der Waals surface area (Å²) >= 11 is 0. The van der Waals surface area contributed by atoms with E-state index in [9.17, 15) is 19.2 Å². The van der Waals surface area contributed by atoms with Crippen LogP contribution in [0, 0.1) is 10.8 Å². The number of imide groups is 2. The second-order valence-corrected chi connectivity index (χ2v) is 5.22. The summed E-state index contributed by atoms with van der Waals surface area (Å²) in [4.78, 5) is 46.6. The van der Waals surface area contributed by atoms with Gasteiger partial charge in [-0.25, -0.2) is 9.59 Å². The van der Waals surface area contributed by atoms with E-state index in [1.165, 1.54) is 0 Å². The molecule has 4 N–H and O–H groups in total. The van der Waals surface area contributed by atoms with E-state index in [4.69, 9.17) is 0 Å². The van der Waals surface area contributed by atoms with Gasteiger partial charge in [0.2, 0.25) is 11.8 Å². The van der Waals surface area contributed by atoms with Crippen molar-refractivity contribution in [2.24, 2.45) is 10.8 Å². The molecule has 96 valence electrons. The lowest BCUT2D eigenvalue weighted by atomic mass is 9.43. The zero-order valence-electron chi connectivity index (χ0n) is 9.79. The van der Waals surface area contributed by atoms with Gasteiger partial charge in [-0.2, -0.15) is 0 Å². The number of urea groups is 2. The van der Waals surface area contributed by atoms with E-state index < -0.39 is 46.8 Å². The molecule has 8 nitrogen and oxygen atoms in total. The first-order chi connectivity index (χ1) is 8.31. The average Bonchev–Trinajstić information content (AvgIpc) is 2.29. The third-order valence-electron chi connectivity index (χ3n) is 4.63. The van der Waals surface area contributed by atoms with Gasteiger partial charge in [-0.1, -0.05) is 0 Å². The standard InChI is InChI=1S/C10H12N4O4/c1-9-3(11-7(17)13-5(9)15)4-10(9,2)6(16)14-8(18)12-4/h3-4H,1-2H3,(H2,11,13,15,17)(H2,12,14,16,18). The molecule has 0 radical (unpaired) electrons. The van der Waals surface area contributed by atoms with E-state index >= 15 is 0 Å². The molecule has 0 bridgehead atoms. The van der Waals surface area contributed by atoms with Crippen LogP contribution in [0.1, 0.15) is 13.8 Å². The Bertz CT molecular complexity index is 472. The molecule has 0 aromatic heterocycles. The minimum absolute atomic E-state index is 0.499. The lowest BCUT2D eigenvalue weighted by molar-refractivity contribution is -0.182. The zero-order valence-corrected chi connectivity index (χ0v) is 9.79. The Morgan fingerprint density at radius 3 is 1.44 bits per heavy atom. The van der Waals surface area contributed by atoms with Crippen LogP contribution in [0.25, 0.3) is 0 Å². The highest BCUT2D eigenvalue weighted by Crippen LogP contribution is 2.58. The second-order valence-electron chi connectivity index (χ2n) is 5.22. The first-order valence-electron chi connectivity index (χ1n) is 5.55. The van der Waals surface area contributed by atoms with Crippen molar-refractivity contribution in [1.82, 2.24) is 21.3 Å². The van der Waals surface area contributed by atoms with Gasteiger partial charge < -0.3 is 10.6 Å². The molecular weight excluding hydrogens is 240 g/mol. The smallest absolute Gasteiger partial charge is 0.321 e. The van der Waals surface area contributed by atoms with Crippen molar-refractivity contribution in [1.29, 1.82) is 0 Å². The number of carbonyl (C=O) groups excluding carboxylic acids is 4. The molecule has 0 aromatic carbocycles. The molecule has 0 aromatic rings. The van der Waals surface area contributed by atoms with Crippen LogP contribution in [0.5, 0.6) is 0 Å². The summed E-state index contributed by atoms with van der Waals surface area (Å²) in [6, 6.07) is -2.35. The minimum atomic E-state index is -1.07. The van der Waals surface area contributed by atoms with Crippen LogP contribution in [-0.4, -0.2) is 36.0 Å². The van der Waals surface area contributed by atoms with Crippen LogP contribution in [0.2, 0.25) is 0 Å². The molecule has 4 unspecified atom stereocenters. The number of carbonyl (C=O) groups is 4. The summed E-state index contributed by atoms with van der Waals surface area (Å²) < 4.78 is 0. The van der Waals surface area contributed by atoms with Crippen molar-refractivity contribution in [2.75, 3.05) is 0 Å². The van der Waals surface area contributed by atoms with E-state index in [1.807, 2.05) is 0 Å². The van der Waals surface area contributed by atoms with Crippen molar-refractivity contribution in [3.05, 3.63) is 0 Å². The first-order valence-corrected chi connectivity index (χ1v) is 5.55. The first kappa shape index (κ1) is 11.0. The number of hydrogen-bond acceptors (Lipinski definition) is 4. The van der Waals surface area contributed by atoms with Gasteiger partial charge in [0, 0.05) is 0 Å². The lowest BCUT2D eigenvalue weighted by Crippen LogP contribution is -2.90. The Morgan fingerprint density at radius 2 is 1.11 bits per heavy atom. The fourth-order valence-corrected chi connectivity index (χ4v) is 3.25. The summed E-state index contributed by atoms with van der Waals surface area (Å²) in [5, 5.41) is 9.49. The Hall–Kier alpha value is -2.12. The van der Waals surface area contributed by atoms with Gasteiger partial charge in [0.05, 0.1) is 22.9 Å². The molecule has 0 spiro atoms. The Labute approximate surface area is 102 Å². The summed E-state index contributed by atoms with van der Waals surface area (Å²) in [7, 11) is 0. The van der Waals surface area contributed by atoms with Gasteiger partial charge in [-0.15, -0.1) is 0 Å². The largest absolute Gasteiger partial charge is 0.332 e. The highest BCUT2D eigenvalue weighted by atomic mass is 16.2. The van der Waals surface area contributed by atoms with Gasteiger partial charge in [0.1, 0.15) is 0 Å². The van der Waals surface area contributed by atoms with Crippen LogP contribution >= 0.6 is 0 Å². The van der Waals surface area contributed by atoms with Crippen LogP contribution < -0.4 is 21.3 Å². The zero-order chi connectivity index (χ0) is 13.3. The SMILES string of the molecule is CC12C(=O)NC(=O)NC1C1NC(=O)NC(=O)C12C. The molecule has 18 heavy (non-hydrogen) atoms. The van der Waals surface area contributed by atoms with Crippen LogP contribution in [0.3, 0.4) is 0 Å². The van der Waals surface area contributed by atoms with Crippen LogP contribution in [0.4, 0.5) is 9.59 Å². The molecule has 2 aliphatic heterocycles. The quantitative estimate of drug-likeness (QED) is 0.416. The Kier molecular flexibility index (Phi) is 1.72. The molecule has 2 saturated heterocycles. The molecule has 6 amide bonds. The van der Waals surface area contributed by atoms with E-state index in [1.54, 1.807) is 13.8 Å². The maximum Gasteiger partial charge on any atom is 0.321 e. The summed E-state index contributed by atoms with van der Waals surface area (Å²) in [6.45, 7) is 3.22. The van der Waals surface area contributed by atoms with Crippen molar-refractivity contribution < 1.29 is 19.2 Å². The predicted octanol–water partition coefficient (Wildman–Crippen LogP) is -1.57. The lowest BCUT2D eigenvalue weighted by Gasteiger charge is -2.66.